The van der Waals surface area contributed by atoms with E-state index in [0.717, 1.165) is 48.1 Å². The number of nitrogens with zero attached hydrogens (tertiary/aromatic N) is 5. The lowest BCUT2D eigenvalue weighted by atomic mass is 10.0. The number of rotatable bonds is 4. The minimum atomic E-state index is -0.229. The molecular weight excluding hydrogens is 349 g/mol. The molecule has 1 saturated heterocycles. The topological polar surface area (TPSA) is 45.2 Å². The Morgan fingerprint density at radius 3 is 2.85 bits per heavy atom. The molecular formula is C19H20FN5S. The van der Waals surface area contributed by atoms with E-state index in [9.17, 15) is 4.39 Å². The van der Waals surface area contributed by atoms with E-state index in [0.29, 0.717) is 6.04 Å². The third kappa shape index (κ3) is 3.53. The van der Waals surface area contributed by atoms with Crippen molar-refractivity contribution in [2.75, 3.05) is 29.9 Å². The Morgan fingerprint density at radius 2 is 2.08 bits per heavy atom. The van der Waals surface area contributed by atoms with Crippen molar-refractivity contribution in [1.82, 2.24) is 15.2 Å². The zero-order chi connectivity index (χ0) is 17.9. The third-order valence-electron chi connectivity index (χ3n) is 4.76. The van der Waals surface area contributed by atoms with Crippen molar-refractivity contribution in [2.45, 2.75) is 18.9 Å². The Hall–Kier alpha value is -2.54. The molecule has 3 aromatic rings. The Kier molecular flexibility index (Phi) is 4.79. The molecule has 0 aliphatic carbocycles. The summed E-state index contributed by atoms with van der Waals surface area (Å²) in [6.45, 7) is 1.91. The minimum Gasteiger partial charge on any atom is -0.353 e. The minimum absolute atomic E-state index is 0.229. The molecule has 1 aliphatic rings. The number of piperidine rings is 1. The molecule has 4 rings (SSSR count). The van der Waals surface area contributed by atoms with Crippen LogP contribution in [0.1, 0.15) is 12.8 Å². The van der Waals surface area contributed by atoms with E-state index in [-0.39, 0.29) is 5.82 Å². The summed E-state index contributed by atoms with van der Waals surface area (Å²) in [5, 5.41) is 11.2. The van der Waals surface area contributed by atoms with Crippen LogP contribution in [0.15, 0.2) is 48.0 Å². The van der Waals surface area contributed by atoms with E-state index in [2.05, 4.69) is 27.0 Å². The van der Waals surface area contributed by atoms with Gasteiger partial charge in [-0.2, -0.15) is 5.10 Å². The van der Waals surface area contributed by atoms with Gasteiger partial charge < -0.3 is 9.80 Å². The van der Waals surface area contributed by atoms with E-state index in [1.807, 2.05) is 17.5 Å². The maximum atomic E-state index is 13.1. The molecule has 26 heavy (non-hydrogen) atoms. The number of likely N-dealkylation sites (N-methyl/N-ethyl adjacent to an activating group) is 1. The van der Waals surface area contributed by atoms with Gasteiger partial charge >= 0.3 is 0 Å². The molecule has 134 valence electrons. The van der Waals surface area contributed by atoms with Gasteiger partial charge in [0.05, 0.1) is 5.69 Å². The van der Waals surface area contributed by atoms with Crippen molar-refractivity contribution >= 4 is 22.3 Å². The molecule has 0 bridgehead atoms. The van der Waals surface area contributed by atoms with Gasteiger partial charge in [0.15, 0.2) is 10.9 Å². The Balaban J connectivity index is 1.49. The van der Waals surface area contributed by atoms with E-state index >= 15 is 0 Å². The van der Waals surface area contributed by atoms with Crippen molar-refractivity contribution in [2.24, 2.45) is 0 Å². The highest BCUT2D eigenvalue weighted by Crippen LogP contribution is 2.30. The molecule has 0 amide bonds. The fourth-order valence-electron chi connectivity index (χ4n) is 3.28. The van der Waals surface area contributed by atoms with Crippen LogP contribution in [0.25, 0.3) is 11.3 Å². The molecule has 0 saturated carbocycles. The number of hydrogen-bond donors (Lipinski definition) is 0. The fourth-order valence-corrected chi connectivity index (χ4v) is 4.15. The number of thiazole rings is 1. The van der Waals surface area contributed by atoms with Crippen LogP contribution in [0, 0.1) is 5.82 Å². The molecule has 1 fully saturated rings. The van der Waals surface area contributed by atoms with E-state index in [1.54, 1.807) is 29.7 Å². The lowest BCUT2D eigenvalue weighted by Gasteiger charge is -2.37. The molecule has 2 aromatic heterocycles. The summed E-state index contributed by atoms with van der Waals surface area (Å²) in [6.07, 6.45) is 3.93. The average molecular weight is 369 g/mol. The van der Waals surface area contributed by atoms with Gasteiger partial charge in [-0.1, -0.05) is 0 Å². The molecule has 3 heterocycles. The second-order valence-electron chi connectivity index (χ2n) is 6.46. The number of benzene rings is 1. The van der Waals surface area contributed by atoms with Crippen LogP contribution in [0.3, 0.4) is 0 Å². The SMILES string of the molecule is CN(c1nc(-c2ccc(F)cc2)cs1)C1CCCN(c2cccnn2)C1. The summed E-state index contributed by atoms with van der Waals surface area (Å²) in [5.74, 6) is 0.698. The van der Waals surface area contributed by atoms with Gasteiger partial charge in [-0.15, -0.1) is 16.4 Å². The van der Waals surface area contributed by atoms with Gasteiger partial charge in [0.1, 0.15) is 5.82 Å². The molecule has 5 nitrogen and oxygen atoms in total. The second-order valence-corrected chi connectivity index (χ2v) is 7.29. The summed E-state index contributed by atoms with van der Waals surface area (Å²) >= 11 is 1.62. The smallest absolute Gasteiger partial charge is 0.185 e. The van der Waals surface area contributed by atoms with Gasteiger partial charge in [-0.25, -0.2) is 9.37 Å². The normalized spacial score (nSPS) is 17.3. The molecule has 0 spiro atoms. The van der Waals surface area contributed by atoms with Crippen LogP contribution in [0.2, 0.25) is 0 Å². The quantitative estimate of drug-likeness (QED) is 0.699. The predicted molar refractivity (Wildman–Crippen MR) is 103 cm³/mol. The summed E-state index contributed by atoms with van der Waals surface area (Å²) < 4.78 is 13.1. The zero-order valence-corrected chi connectivity index (χ0v) is 15.4. The van der Waals surface area contributed by atoms with Crippen LogP contribution in [0.5, 0.6) is 0 Å². The van der Waals surface area contributed by atoms with E-state index in [1.165, 1.54) is 12.1 Å². The molecule has 1 aliphatic heterocycles. The maximum absolute atomic E-state index is 13.1. The van der Waals surface area contributed by atoms with Gasteiger partial charge in [-0.05, 0) is 49.2 Å². The highest BCUT2D eigenvalue weighted by Gasteiger charge is 2.25. The first-order valence-corrected chi connectivity index (χ1v) is 9.55. The predicted octanol–water partition coefficient (Wildman–Crippen LogP) is 3.84. The Labute approximate surface area is 156 Å². The average Bonchev–Trinajstić information content (AvgIpc) is 3.19. The Bertz CT molecular complexity index is 852. The Morgan fingerprint density at radius 1 is 1.23 bits per heavy atom. The van der Waals surface area contributed by atoms with E-state index < -0.39 is 0 Å². The van der Waals surface area contributed by atoms with Crippen LogP contribution in [-0.2, 0) is 0 Å². The molecule has 7 heteroatoms. The summed E-state index contributed by atoms with van der Waals surface area (Å²) in [4.78, 5) is 9.29. The highest BCUT2D eigenvalue weighted by molar-refractivity contribution is 7.14. The molecule has 0 radical (unpaired) electrons. The first kappa shape index (κ1) is 16.9. The van der Waals surface area contributed by atoms with Crippen LogP contribution in [0.4, 0.5) is 15.3 Å². The first-order chi connectivity index (χ1) is 12.7. The van der Waals surface area contributed by atoms with Gasteiger partial charge in [0.2, 0.25) is 0 Å². The summed E-state index contributed by atoms with van der Waals surface area (Å²) in [6, 6.07) is 10.8. The van der Waals surface area contributed by atoms with Crippen LogP contribution in [-0.4, -0.2) is 41.4 Å². The van der Waals surface area contributed by atoms with Gasteiger partial charge in [0.25, 0.3) is 0 Å². The van der Waals surface area contributed by atoms with E-state index in [4.69, 9.17) is 4.98 Å². The molecule has 0 N–H and O–H groups in total. The van der Waals surface area contributed by atoms with Crippen molar-refractivity contribution in [3.05, 3.63) is 53.8 Å². The zero-order valence-electron chi connectivity index (χ0n) is 14.5. The summed E-state index contributed by atoms with van der Waals surface area (Å²) in [5.41, 5.74) is 1.82. The summed E-state index contributed by atoms with van der Waals surface area (Å²) in [7, 11) is 2.10. The first-order valence-electron chi connectivity index (χ1n) is 8.67. The lowest BCUT2D eigenvalue weighted by Crippen LogP contribution is -2.47. The highest BCUT2D eigenvalue weighted by atomic mass is 32.1. The fraction of sp³-hybridized carbons (Fsp3) is 0.316. The maximum Gasteiger partial charge on any atom is 0.185 e. The largest absolute Gasteiger partial charge is 0.353 e. The number of aromatic nitrogens is 3. The number of halogens is 1. The monoisotopic (exact) mass is 369 g/mol. The van der Waals surface area contributed by atoms with Crippen molar-refractivity contribution < 1.29 is 4.39 Å². The lowest BCUT2D eigenvalue weighted by molar-refractivity contribution is 0.484. The van der Waals surface area contributed by atoms with Crippen molar-refractivity contribution in [3.63, 3.8) is 0 Å². The third-order valence-corrected chi connectivity index (χ3v) is 5.69. The van der Waals surface area contributed by atoms with Crippen molar-refractivity contribution in [3.8, 4) is 11.3 Å². The number of hydrogen-bond acceptors (Lipinski definition) is 6. The van der Waals surface area contributed by atoms with Crippen molar-refractivity contribution in [1.29, 1.82) is 0 Å². The van der Waals surface area contributed by atoms with Crippen LogP contribution < -0.4 is 9.80 Å². The number of anilines is 2. The second kappa shape index (κ2) is 7.37. The molecule has 1 aromatic carbocycles. The standard InChI is InChI=1S/C19H20FN5S/c1-24(16-4-3-11-25(12-16)18-5-2-10-21-23-18)19-22-17(13-26-19)14-6-8-15(20)9-7-14/h2,5-10,13,16H,3-4,11-12H2,1H3. The van der Waals surface area contributed by atoms with Gasteiger partial charge in [-0.3, -0.25) is 0 Å². The van der Waals surface area contributed by atoms with Gasteiger partial charge in [0, 0.05) is 43.3 Å². The molecule has 1 unspecified atom stereocenters. The molecule has 1 atom stereocenters. The van der Waals surface area contributed by atoms with Crippen LogP contribution >= 0.6 is 11.3 Å².